The molecule has 0 saturated carbocycles. The molecular weight excluding hydrogens is 158 g/mol. The van der Waals surface area contributed by atoms with Gasteiger partial charge in [0.2, 0.25) is 0 Å². The highest BCUT2D eigenvalue weighted by molar-refractivity contribution is 5.85. The van der Waals surface area contributed by atoms with E-state index < -0.39 is 0 Å². The molecular formula is C9H12ClN. The Morgan fingerprint density at radius 3 is 2.18 bits per heavy atom. The minimum Gasteiger partial charge on any atom is -0.326 e. The zero-order chi connectivity index (χ0) is 7.40. The molecule has 1 rings (SSSR count). The van der Waals surface area contributed by atoms with Crippen molar-refractivity contribution >= 4 is 18.5 Å². The molecule has 0 radical (unpaired) electrons. The number of hydrogen-bond acceptors (Lipinski definition) is 1. The van der Waals surface area contributed by atoms with Crippen LogP contribution in [0, 0.1) is 0 Å². The second kappa shape index (κ2) is 4.94. The van der Waals surface area contributed by atoms with Gasteiger partial charge in [-0.05, 0) is 11.1 Å². The Morgan fingerprint density at radius 1 is 1.27 bits per heavy atom. The van der Waals surface area contributed by atoms with Crippen LogP contribution in [0.2, 0.25) is 0 Å². The van der Waals surface area contributed by atoms with Gasteiger partial charge in [0, 0.05) is 6.54 Å². The smallest absolute Gasteiger partial charge is 0.0178 e. The second-order valence-electron chi connectivity index (χ2n) is 2.15. The first-order chi connectivity index (χ1) is 4.86. The van der Waals surface area contributed by atoms with Crippen LogP contribution in [0.3, 0.4) is 0 Å². The third-order valence-corrected chi connectivity index (χ3v) is 1.45. The van der Waals surface area contributed by atoms with Gasteiger partial charge in [0.05, 0.1) is 0 Å². The van der Waals surface area contributed by atoms with Gasteiger partial charge in [-0.1, -0.05) is 36.9 Å². The van der Waals surface area contributed by atoms with Crippen LogP contribution in [0.25, 0.3) is 6.08 Å². The highest BCUT2D eigenvalue weighted by Crippen LogP contribution is 2.03. The van der Waals surface area contributed by atoms with Crippen molar-refractivity contribution in [2.45, 2.75) is 6.54 Å². The van der Waals surface area contributed by atoms with Crippen LogP contribution in [-0.4, -0.2) is 0 Å². The van der Waals surface area contributed by atoms with Gasteiger partial charge in [-0.25, -0.2) is 0 Å². The molecule has 1 aromatic carbocycles. The molecule has 0 aromatic heterocycles. The van der Waals surface area contributed by atoms with E-state index in [2.05, 4.69) is 6.58 Å². The predicted molar refractivity (Wildman–Crippen MR) is 51.7 cm³/mol. The van der Waals surface area contributed by atoms with E-state index in [4.69, 9.17) is 5.73 Å². The Labute approximate surface area is 73.3 Å². The van der Waals surface area contributed by atoms with Crippen LogP contribution in [0.1, 0.15) is 11.1 Å². The number of rotatable bonds is 2. The second-order valence-corrected chi connectivity index (χ2v) is 2.15. The van der Waals surface area contributed by atoms with Gasteiger partial charge < -0.3 is 5.73 Å². The molecule has 1 aromatic rings. The fraction of sp³-hybridized carbons (Fsp3) is 0.111. The molecule has 60 valence electrons. The molecule has 11 heavy (non-hydrogen) atoms. The summed E-state index contributed by atoms with van der Waals surface area (Å²) >= 11 is 0. The topological polar surface area (TPSA) is 26.0 Å². The van der Waals surface area contributed by atoms with E-state index >= 15 is 0 Å². The van der Waals surface area contributed by atoms with E-state index in [1.807, 2.05) is 30.3 Å². The fourth-order valence-electron chi connectivity index (χ4n) is 0.790. The van der Waals surface area contributed by atoms with Gasteiger partial charge in [-0.3, -0.25) is 0 Å². The normalized spacial score (nSPS) is 8.45. The van der Waals surface area contributed by atoms with E-state index in [1.165, 1.54) is 0 Å². The van der Waals surface area contributed by atoms with Crippen molar-refractivity contribution in [3.05, 3.63) is 42.0 Å². The number of halogens is 1. The minimum absolute atomic E-state index is 0. The van der Waals surface area contributed by atoms with Gasteiger partial charge in [-0.15, -0.1) is 12.4 Å². The van der Waals surface area contributed by atoms with E-state index in [9.17, 15) is 0 Å². The molecule has 0 bridgehead atoms. The van der Waals surface area contributed by atoms with E-state index in [-0.39, 0.29) is 12.4 Å². The van der Waals surface area contributed by atoms with Crippen molar-refractivity contribution in [3.8, 4) is 0 Å². The summed E-state index contributed by atoms with van der Waals surface area (Å²) in [7, 11) is 0. The van der Waals surface area contributed by atoms with Crippen LogP contribution in [0.5, 0.6) is 0 Å². The lowest BCUT2D eigenvalue weighted by atomic mass is 10.1. The SMILES string of the molecule is C=Cc1ccc(CN)cc1.Cl. The highest BCUT2D eigenvalue weighted by atomic mass is 35.5. The molecule has 0 unspecified atom stereocenters. The quantitative estimate of drug-likeness (QED) is 0.722. The molecule has 0 heterocycles. The van der Waals surface area contributed by atoms with Gasteiger partial charge in [0.1, 0.15) is 0 Å². The van der Waals surface area contributed by atoms with Crippen LogP contribution in [0.15, 0.2) is 30.8 Å². The first kappa shape index (κ1) is 10.2. The van der Waals surface area contributed by atoms with Gasteiger partial charge >= 0.3 is 0 Å². The molecule has 2 N–H and O–H groups in total. The van der Waals surface area contributed by atoms with Crippen molar-refractivity contribution < 1.29 is 0 Å². The molecule has 1 nitrogen and oxygen atoms in total. The summed E-state index contributed by atoms with van der Waals surface area (Å²) in [4.78, 5) is 0. The average molecular weight is 170 g/mol. The first-order valence-electron chi connectivity index (χ1n) is 3.28. The summed E-state index contributed by atoms with van der Waals surface area (Å²) in [6, 6.07) is 8.04. The highest BCUT2D eigenvalue weighted by Gasteiger charge is 1.86. The molecule has 0 aliphatic carbocycles. The Morgan fingerprint density at radius 2 is 1.82 bits per heavy atom. The largest absolute Gasteiger partial charge is 0.326 e. The summed E-state index contributed by atoms with van der Waals surface area (Å²) < 4.78 is 0. The number of nitrogens with two attached hydrogens (primary N) is 1. The van der Waals surface area contributed by atoms with Gasteiger partial charge in [-0.2, -0.15) is 0 Å². The van der Waals surface area contributed by atoms with Crippen molar-refractivity contribution in [1.82, 2.24) is 0 Å². The summed E-state index contributed by atoms with van der Waals surface area (Å²) in [6.45, 7) is 4.26. The van der Waals surface area contributed by atoms with Crippen LogP contribution in [-0.2, 0) is 6.54 Å². The molecule has 0 amide bonds. The summed E-state index contributed by atoms with van der Waals surface area (Å²) in [5.74, 6) is 0. The predicted octanol–water partition coefficient (Wildman–Crippen LogP) is 2.21. The lowest BCUT2D eigenvalue weighted by molar-refractivity contribution is 1.07. The van der Waals surface area contributed by atoms with Crippen LogP contribution < -0.4 is 5.73 Å². The molecule has 2 heteroatoms. The van der Waals surface area contributed by atoms with Gasteiger partial charge in [0.15, 0.2) is 0 Å². The van der Waals surface area contributed by atoms with E-state index in [0.29, 0.717) is 6.54 Å². The summed E-state index contributed by atoms with van der Waals surface area (Å²) in [6.07, 6.45) is 1.82. The molecule has 0 aliphatic rings. The third kappa shape index (κ3) is 2.74. The first-order valence-corrected chi connectivity index (χ1v) is 3.28. The van der Waals surface area contributed by atoms with Crippen molar-refractivity contribution in [1.29, 1.82) is 0 Å². The van der Waals surface area contributed by atoms with E-state index in [0.717, 1.165) is 11.1 Å². The van der Waals surface area contributed by atoms with Crippen LogP contribution >= 0.6 is 12.4 Å². The van der Waals surface area contributed by atoms with Gasteiger partial charge in [0.25, 0.3) is 0 Å². The maximum atomic E-state index is 5.42. The Hall–Kier alpha value is -0.790. The average Bonchev–Trinajstić information content (AvgIpc) is 2.05. The number of benzene rings is 1. The summed E-state index contributed by atoms with van der Waals surface area (Å²) in [5, 5.41) is 0. The monoisotopic (exact) mass is 169 g/mol. The number of hydrogen-bond donors (Lipinski definition) is 1. The molecule has 0 atom stereocenters. The standard InChI is InChI=1S/C9H11N.ClH/c1-2-8-3-5-9(7-10)6-4-8;/h2-6H,1,7,10H2;1H. The van der Waals surface area contributed by atoms with Crippen molar-refractivity contribution in [2.24, 2.45) is 5.73 Å². The Kier molecular flexibility index (Phi) is 4.59. The molecule has 0 fully saturated rings. The zero-order valence-electron chi connectivity index (χ0n) is 6.29. The van der Waals surface area contributed by atoms with Crippen LogP contribution in [0.4, 0.5) is 0 Å². The molecule has 0 saturated heterocycles. The van der Waals surface area contributed by atoms with Crippen molar-refractivity contribution in [2.75, 3.05) is 0 Å². The van der Waals surface area contributed by atoms with E-state index in [1.54, 1.807) is 0 Å². The summed E-state index contributed by atoms with van der Waals surface area (Å²) in [5.41, 5.74) is 7.71. The Balaban J connectivity index is 0.000001000. The minimum atomic E-state index is 0. The lowest BCUT2D eigenvalue weighted by Gasteiger charge is -1.95. The molecule has 0 aliphatic heterocycles. The fourth-order valence-corrected chi connectivity index (χ4v) is 0.790. The maximum absolute atomic E-state index is 5.42. The molecule has 0 spiro atoms. The maximum Gasteiger partial charge on any atom is 0.0178 e. The van der Waals surface area contributed by atoms with Crippen molar-refractivity contribution in [3.63, 3.8) is 0 Å². The lowest BCUT2D eigenvalue weighted by Crippen LogP contribution is -1.94. The Bertz CT molecular complexity index is 216. The zero-order valence-corrected chi connectivity index (χ0v) is 7.10. The third-order valence-electron chi connectivity index (χ3n) is 1.45.